The summed E-state index contributed by atoms with van der Waals surface area (Å²) in [7, 11) is 3.92. The number of pyridine rings is 1. The van der Waals surface area contributed by atoms with E-state index in [4.69, 9.17) is 22.1 Å². The largest absolute Gasteiger partial charge is 0.441 e. The number of amides is 2. The lowest BCUT2D eigenvalue weighted by Crippen LogP contribution is -2.26. The topological polar surface area (TPSA) is 127 Å². The molecule has 0 aliphatic carbocycles. The summed E-state index contributed by atoms with van der Waals surface area (Å²) in [5.74, 6) is -0.871. The summed E-state index contributed by atoms with van der Waals surface area (Å²) in [6.45, 7) is 0.846. The van der Waals surface area contributed by atoms with E-state index >= 15 is 0 Å². The molecule has 2 unspecified atom stereocenters. The molecule has 2 bridgehead atoms. The van der Waals surface area contributed by atoms with Crippen molar-refractivity contribution in [2.24, 2.45) is 0 Å². The van der Waals surface area contributed by atoms with Crippen molar-refractivity contribution in [1.82, 2.24) is 9.88 Å². The van der Waals surface area contributed by atoms with Gasteiger partial charge in [-0.3, -0.25) is 15.1 Å². The number of allylic oxidation sites excluding steroid dienone is 2. The van der Waals surface area contributed by atoms with Crippen LogP contribution in [-0.4, -0.2) is 48.8 Å². The van der Waals surface area contributed by atoms with Crippen molar-refractivity contribution in [3.63, 3.8) is 0 Å². The molecule has 2 aromatic carbocycles. The number of hydrogen-bond acceptors (Lipinski definition) is 7. The normalized spacial score (nSPS) is 18.5. The van der Waals surface area contributed by atoms with Gasteiger partial charge in [0.2, 0.25) is 5.91 Å². The Labute approximate surface area is 255 Å². The second kappa shape index (κ2) is 14.8. The second-order valence-corrected chi connectivity index (χ2v) is 11.0. The molecule has 0 saturated heterocycles. The fourth-order valence-corrected chi connectivity index (χ4v) is 5.05. The molecule has 226 valence electrons. The molecule has 3 heterocycles. The number of cyclic esters (lactones) is 1. The Morgan fingerprint density at radius 2 is 1.93 bits per heavy atom. The molecular weight excluding hydrogens is 573 g/mol. The van der Waals surface area contributed by atoms with Crippen LogP contribution in [0.1, 0.15) is 55.4 Å². The first-order valence-corrected chi connectivity index (χ1v) is 14.4. The highest BCUT2D eigenvalue weighted by molar-refractivity contribution is 6.31. The number of aldehydes is 1. The van der Waals surface area contributed by atoms with Gasteiger partial charge < -0.3 is 25.5 Å². The average Bonchev–Trinajstić information content (AvgIpc) is 2.97. The monoisotopic (exact) mass is 607 g/mol. The van der Waals surface area contributed by atoms with Crippen LogP contribution in [0.5, 0.6) is 0 Å². The van der Waals surface area contributed by atoms with Crippen molar-refractivity contribution in [3.05, 3.63) is 82.9 Å². The van der Waals surface area contributed by atoms with Crippen LogP contribution in [0, 0.1) is 5.82 Å². The zero-order valence-electron chi connectivity index (χ0n) is 24.1. The Balaban J connectivity index is 0.000000203. The van der Waals surface area contributed by atoms with Crippen LogP contribution in [0.25, 0.3) is 11.1 Å². The summed E-state index contributed by atoms with van der Waals surface area (Å²) in [5.41, 5.74) is 10.4. The molecule has 2 atom stereocenters. The quantitative estimate of drug-likeness (QED) is 0.167. The van der Waals surface area contributed by atoms with Crippen LogP contribution >= 0.6 is 11.6 Å². The molecule has 0 fully saturated rings. The summed E-state index contributed by atoms with van der Waals surface area (Å²) in [5, 5.41) is 5.46. The predicted molar refractivity (Wildman–Crippen MR) is 167 cm³/mol. The van der Waals surface area contributed by atoms with Crippen molar-refractivity contribution in [2.45, 2.75) is 44.1 Å². The number of nitrogens with zero attached hydrogens (tertiary/aromatic N) is 2. The third-order valence-corrected chi connectivity index (χ3v) is 7.35. The first-order valence-electron chi connectivity index (χ1n) is 14.0. The van der Waals surface area contributed by atoms with E-state index in [1.54, 1.807) is 24.4 Å². The van der Waals surface area contributed by atoms with Gasteiger partial charge in [-0.05, 0) is 88.3 Å². The van der Waals surface area contributed by atoms with E-state index in [9.17, 15) is 18.8 Å². The Hall–Kier alpha value is -4.28. The highest BCUT2D eigenvalue weighted by Gasteiger charge is 2.30. The lowest BCUT2D eigenvalue weighted by molar-refractivity contribution is -0.116. The maximum absolute atomic E-state index is 14.1. The number of rotatable bonds is 5. The molecule has 9 nitrogen and oxygen atoms in total. The molecule has 5 rings (SSSR count). The average molecular weight is 608 g/mol. The van der Waals surface area contributed by atoms with Crippen molar-refractivity contribution in [2.75, 3.05) is 37.0 Å². The summed E-state index contributed by atoms with van der Waals surface area (Å²) < 4.78 is 19.2. The van der Waals surface area contributed by atoms with Crippen LogP contribution < -0.4 is 16.4 Å². The van der Waals surface area contributed by atoms with E-state index in [2.05, 4.69) is 15.6 Å². The van der Waals surface area contributed by atoms with Crippen LogP contribution in [0.4, 0.5) is 26.2 Å². The standard InChI is InChI=1S/C19H19N3O2.C13H16ClFN2O2/c20-15-6-7-16-13-8-9-21-17(10-13)14(12-23)4-2-1-3-5-19(24)22-18(16)11-15;1-17(2)7-3-4-10-11-9(16-13(18)19-10)6-5-8(14)12(11)15/h1-2,6-12,14H,3-5,20H2,(H,22,24);5-6,10H,3-4,7H2,1-2H3,(H,16,18)/b2-1-;. The van der Waals surface area contributed by atoms with Gasteiger partial charge in [0.15, 0.2) is 5.82 Å². The molecule has 2 amide bonds. The van der Waals surface area contributed by atoms with E-state index in [1.165, 1.54) is 6.07 Å². The number of nitrogens with two attached hydrogens (primary N) is 1. The number of carbonyl (C=O) groups excluding carboxylic acids is 3. The number of hydrogen-bond donors (Lipinski definition) is 3. The number of fused-ring (bicyclic) bond motifs is 5. The van der Waals surface area contributed by atoms with Gasteiger partial charge in [0, 0.05) is 23.9 Å². The Kier molecular flexibility index (Phi) is 10.9. The maximum atomic E-state index is 14.1. The van der Waals surface area contributed by atoms with Gasteiger partial charge in [-0.2, -0.15) is 0 Å². The molecule has 1 aromatic heterocycles. The smallest absolute Gasteiger partial charge is 0.412 e. The predicted octanol–water partition coefficient (Wildman–Crippen LogP) is 6.72. The summed E-state index contributed by atoms with van der Waals surface area (Å²) in [6, 6.07) is 12.2. The van der Waals surface area contributed by atoms with E-state index in [1.807, 2.05) is 49.3 Å². The van der Waals surface area contributed by atoms with Crippen LogP contribution in [-0.2, 0) is 14.3 Å². The number of carbonyl (C=O) groups is 3. The van der Waals surface area contributed by atoms with E-state index in [0.717, 1.165) is 36.1 Å². The number of aromatic nitrogens is 1. The third kappa shape index (κ3) is 8.39. The van der Waals surface area contributed by atoms with Crippen molar-refractivity contribution >= 4 is 46.9 Å². The zero-order valence-corrected chi connectivity index (χ0v) is 24.9. The molecule has 2 aliphatic rings. The number of nitrogens with one attached hydrogen (secondary N) is 2. The molecule has 0 radical (unpaired) electrons. The van der Waals surface area contributed by atoms with Gasteiger partial charge in [0.1, 0.15) is 12.4 Å². The molecule has 3 aromatic rings. The SMILES string of the molecule is CN(C)CCCC1OC(=O)Nc2ccc(Cl)c(F)c21.Nc1ccc2c(c1)NC(=O)CC/C=C\CC(C=O)c1cc-2ccn1. The van der Waals surface area contributed by atoms with Crippen molar-refractivity contribution in [1.29, 1.82) is 0 Å². The Bertz CT molecular complexity index is 1510. The molecule has 2 aliphatic heterocycles. The van der Waals surface area contributed by atoms with Crippen molar-refractivity contribution in [3.8, 4) is 11.1 Å². The third-order valence-electron chi connectivity index (χ3n) is 7.06. The zero-order chi connectivity index (χ0) is 30.9. The number of benzene rings is 2. The van der Waals surface area contributed by atoms with E-state index < -0.39 is 18.0 Å². The van der Waals surface area contributed by atoms with Crippen LogP contribution in [0.2, 0.25) is 5.02 Å². The van der Waals surface area contributed by atoms with Gasteiger partial charge in [-0.1, -0.05) is 29.8 Å². The van der Waals surface area contributed by atoms with Gasteiger partial charge in [-0.25, -0.2) is 9.18 Å². The number of ether oxygens (including phenoxy) is 1. The van der Waals surface area contributed by atoms with Gasteiger partial charge in [-0.15, -0.1) is 0 Å². The maximum Gasteiger partial charge on any atom is 0.412 e. The summed E-state index contributed by atoms with van der Waals surface area (Å²) in [6.07, 6.45) is 8.29. The molecule has 11 heteroatoms. The van der Waals surface area contributed by atoms with E-state index in [-0.39, 0.29) is 16.8 Å². The number of halogens is 2. The molecule has 0 saturated carbocycles. The van der Waals surface area contributed by atoms with E-state index in [0.29, 0.717) is 48.3 Å². The fraction of sp³-hybridized carbons (Fsp3) is 0.312. The lowest BCUT2D eigenvalue weighted by atomic mass is 9.97. The number of anilines is 3. The first-order chi connectivity index (χ1) is 20.7. The van der Waals surface area contributed by atoms with Gasteiger partial charge in [0.25, 0.3) is 0 Å². The Morgan fingerprint density at radius 3 is 2.70 bits per heavy atom. The highest BCUT2D eigenvalue weighted by atomic mass is 35.5. The molecular formula is C32H35ClFN5O4. The Morgan fingerprint density at radius 1 is 1.12 bits per heavy atom. The second-order valence-electron chi connectivity index (χ2n) is 10.6. The minimum atomic E-state index is -0.581. The lowest BCUT2D eigenvalue weighted by Gasteiger charge is -2.27. The number of nitrogen functional groups attached to an aromatic ring is 1. The minimum Gasteiger partial charge on any atom is -0.441 e. The molecule has 43 heavy (non-hydrogen) atoms. The minimum absolute atomic E-state index is 0.0381. The summed E-state index contributed by atoms with van der Waals surface area (Å²) in [4.78, 5) is 41.4. The molecule has 4 N–H and O–H groups in total. The van der Waals surface area contributed by atoms with Crippen LogP contribution in [0.15, 0.2) is 60.8 Å². The van der Waals surface area contributed by atoms with Crippen LogP contribution in [0.3, 0.4) is 0 Å². The summed E-state index contributed by atoms with van der Waals surface area (Å²) >= 11 is 5.78. The highest BCUT2D eigenvalue weighted by Crippen LogP contribution is 2.38. The van der Waals surface area contributed by atoms with Crippen molar-refractivity contribution < 1.29 is 23.5 Å². The van der Waals surface area contributed by atoms with Gasteiger partial charge >= 0.3 is 6.09 Å². The fourth-order valence-electron chi connectivity index (χ4n) is 4.88. The first kappa shape index (κ1) is 31.7. The van der Waals surface area contributed by atoms with Gasteiger partial charge in [0.05, 0.1) is 33.6 Å². The molecule has 0 spiro atoms.